The molecule has 19 heavy (non-hydrogen) atoms. The maximum Gasteiger partial charge on any atom is 0.00218 e. The van der Waals surface area contributed by atoms with E-state index in [0.29, 0.717) is 0 Å². The molecule has 2 nitrogen and oxygen atoms in total. The van der Waals surface area contributed by atoms with Crippen molar-refractivity contribution in [1.82, 2.24) is 10.2 Å². The van der Waals surface area contributed by atoms with Crippen LogP contribution in [0.4, 0.5) is 0 Å². The maximum atomic E-state index is 3.32. The second kappa shape index (κ2) is 8.34. The fourth-order valence-electron chi connectivity index (χ4n) is 3.12. The maximum absolute atomic E-state index is 3.32. The quantitative estimate of drug-likeness (QED) is 0.758. The summed E-state index contributed by atoms with van der Waals surface area (Å²) in [7, 11) is 2.07. The molecule has 1 aliphatic rings. The van der Waals surface area contributed by atoms with Gasteiger partial charge in [0.05, 0.1) is 0 Å². The van der Waals surface area contributed by atoms with Crippen LogP contribution in [-0.4, -0.2) is 38.1 Å². The molecule has 2 heteroatoms. The Morgan fingerprint density at radius 1 is 1.21 bits per heavy atom. The first kappa shape index (κ1) is 14.5. The van der Waals surface area contributed by atoms with Gasteiger partial charge in [0.1, 0.15) is 0 Å². The van der Waals surface area contributed by atoms with E-state index >= 15 is 0 Å². The summed E-state index contributed by atoms with van der Waals surface area (Å²) in [6.45, 7) is 5.07. The molecule has 106 valence electrons. The number of nitrogens with one attached hydrogen (secondary N) is 1. The summed E-state index contributed by atoms with van der Waals surface area (Å²) in [5, 5.41) is 3.32. The fourth-order valence-corrected chi connectivity index (χ4v) is 3.12. The van der Waals surface area contributed by atoms with Crippen molar-refractivity contribution in [2.24, 2.45) is 5.92 Å². The summed E-state index contributed by atoms with van der Waals surface area (Å²) in [5.41, 5.74) is 1.48. The van der Waals surface area contributed by atoms with E-state index in [-0.39, 0.29) is 0 Å². The van der Waals surface area contributed by atoms with Crippen LogP contribution in [0.2, 0.25) is 0 Å². The molecule has 0 bridgehead atoms. The topological polar surface area (TPSA) is 15.3 Å². The fraction of sp³-hybridized carbons (Fsp3) is 0.647. The Morgan fingerprint density at radius 3 is 2.84 bits per heavy atom. The minimum absolute atomic E-state index is 0.868. The number of hydrogen-bond acceptors (Lipinski definition) is 2. The number of rotatable bonds is 7. The predicted molar refractivity (Wildman–Crippen MR) is 82.5 cm³/mol. The number of benzene rings is 1. The van der Waals surface area contributed by atoms with Crippen molar-refractivity contribution in [3.8, 4) is 0 Å². The zero-order valence-corrected chi connectivity index (χ0v) is 12.3. The summed E-state index contributed by atoms with van der Waals surface area (Å²) >= 11 is 0. The summed E-state index contributed by atoms with van der Waals surface area (Å²) in [6.07, 6.45) is 6.67. The molecule has 1 atom stereocenters. The van der Waals surface area contributed by atoms with E-state index in [1.165, 1.54) is 63.8 Å². The van der Waals surface area contributed by atoms with Crippen LogP contribution in [0, 0.1) is 5.92 Å². The van der Waals surface area contributed by atoms with E-state index in [4.69, 9.17) is 0 Å². The Bertz CT molecular complexity index is 334. The van der Waals surface area contributed by atoms with Gasteiger partial charge in [0.25, 0.3) is 0 Å². The van der Waals surface area contributed by atoms with Gasteiger partial charge in [0.15, 0.2) is 0 Å². The van der Waals surface area contributed by atoms with Crippen molar-refractivity contribution in [3.05, 3.63) is 35.9 Å². The Labute approximate surface area is 118 Å². The molecule has 0 aromatic heterocycles. The number of nitrogens with zero attached hydrogens (tertiary/aromatic N) is 1. The van der Waals surface area contributed by atoms with Crippen LogP contribution in [0.5, 0.6) is 0 Å². The summed E-state index contributed by atoms with van der Waals surface area (Å²) in [5.74, 6) is 0.868. The Kier molecular flexibility index (Phi) is 6.38. The van der Waals surface area contributed by atoms with E-state index < -0.39 is 0 Å². The van der Waals surface area contributed by atoms with Gasteiger partial charge in [-0.2, -0.15) is 0 Å². The largest absolute Gasteiger partial charge is 0.319 e. The van der Waals surface area contributed by atoms with Gasteiger partial charge in [0, 0.05) is 6.54 Å². The van der Waals surface area contributed by atoms with Gasteiger partial charge in [-0.15, -0.1) is 0 Å². The lowest BCUT2D eigenvalue weighted by Gasteiger charge is -2.32. The first-order chi connectivity index (χ1) is 9.38. The van der Waals surface area contributed by atoms with Crippen LogP contribution in [0.15, 0.2) is 30.3 Å². The number of hydrogen-bond donors (Lipinski definition) is 1. The Morgan fingerprint density at radius 2 is 2.05 bits per heavy atom. The summed E-state index contributed by atoms with van der Waals surface area (Å²) in [6, 6.07) is 10.9. The molecule has 0 aliphatic carbocycles. The predicted octanol–water partition coefficient (Wildman–Crippen LogP) is 2.94. The van der Waals surface area contributed by atoms with E-state index in [9.17, 15) is 0 Å². The highest BCUT2D eigenvalue weighted by Crippen LogP contribution is 2.16. The van der Waals surface area contributed by atoms with Gasteiger partial charge in [-0.3, -0.25) is 0 Å². The molecule has 1 aromatic carbocycles. The number of unbranched alkanes of at least 4 members (excludes halogenated alkanes) is 1. The minimum Gasteiger partial charge on any atom is -0.319 e. The van der Waals surface area contributed by atoms with Crippen LogP contribution in [0.1, 0.15) is 31.2 Å². The molecule has 0 amide bonds. The van der Waals surface area contributed by atoms with Crippen LogP contribution >= 0.6 is 0 Å². The van der Waals surface area contributed by atoms with Gasteiger partial charge in [-0.1, -0.05) is 30.3 Å². The summed E-state index contributed by atoms with van der Waals surface area (Å²) < 4.78 is 0. The lowest BCUT2D eigenvalue weighted by molar-refractivity contribution is 0.171. The molecule has 1 aliphatic heterocycles. The normalized spacial score (nSPS) is 20.6. The lowest BCUT2D eigenvalue weighted by atomic mass is 9.97. The zero-order valence-electron chi connectivity index (χ0n) is 12.3. The smallest absolute Gasteiger partial charge is 0.00218 e. The molecule has 0 radical (unpaired) electrons. The van der Waals surface area contributed by atoms with Crippen molar-refractivity contribution in [2.45, 2.75) is 32.1 Å². The van der Waals surface area contributed by atoms with Crippen LogP contribution in [-0.2, 0) is 6.42 Å². The number of piperidine rings is 1. The molecule has 1 saturated heterocycles. The van der Waals surface area contributed by atoms with Crippen molar-refractivity contribution in [2.75, 3.05) is 33.2 Å². The van der Waals surface area contributed by atoms with Gasteiger partial charge in [0.2, 0.25) is 0 Å². The standard InChI is InChI=1S/C17H28N2/c1-18-14-17-11-7-13-19(15-17)12-6-5-10-16-8-3-2-4-9-16/h2-4,8-9,17-18H,5-7,10-15H2,1H3. The van der Waals surface area contributed by atoms with Gasteiger partial charge in [-0.25, -0.2) is 0 Å². The molecule has 1 heterocycles. The third kappa shape index (κ3) is 5.33. The molecular weight excluding hydrogens is 232 g/mol. The summed E-state index contributed by atoms with van der Waals surface area (Å²) in [4.78, 5) is 2.66. The monoisotopic (exact) mass is 260 g/mol. The van der Waals surface area contributed by atoms with E-state index in [1.54, 1.807) is 0 Å². The molecule has 1 unspecified atom stereocenters. The van der Waals surface area contributed by atoms with E-state index in [1.807, 2.05) is 0 Å². The van der Waals surface area contributed by atoms with Crippen molar-refractivity contribution >= 4 is 0 Å². The number of likely N-dealkylation sites (tertiary alicyclic amines) is 1. The molecule has 1 fully saturated rings. The molecule has 1 aromatic rings. The number of aryl methyl sites for hydroxylation is 1. The molecule has 0 spiro atoms. The third-order valence-electron chi connectivity index (χ3n) is 4.13. The highest BCUT2D eigenvalue weighted by molar-refractivity contribution is 5.14. The van der Waals surface area contributed by atoms with Crippen LogP contribution in [0.25, 0.3) is 0 Å². The SMILES string of the molecule is CNCC1CCCN(CCCCc2ccccc2)C1. The van der Waals surface area contributed by atoms with Crippen LogP contribution in [0.3, 0.4) is 0 Å². The zero-order chi connectivity index (χ0) is 13.3. The minimum atomic E-state index is 0.868. The highest BCUT2D eigenvalue weighted by atomic mass is 15.1. The second-order valence-corrected chi connectivity index (χ2v) is 5.81. The average Bonchev–Trinajstić information content (AvgIpc) is 2.46. The third-order valence-corrected chi connectivity index (χ3v) is 4.13. The Balaban J connectivity index is 1.60. The average molecular weight is 260 g/mol. The Hall–Kier alpha value is -0.860. The van der Waals surface area contributed by atoms with E-state index in [0.717, 1.165) is 5.92 Å². The van der Waals surface area contributed by atoms with Crippen LogP contribution < -0.4 is 5.32 Å². The molecule has 2 rings (SSSR count). The first-order valence-electron chi connectivity index (χ1n) is 7.79. The highest BCUT2D eigenvalue weighted by Gasteiger charge is 2.18. The van der Waals surface area contributed by atoms with Gasteiger partial charge in [-0.05, 0) is 70.3 Å². The van der Waals surface area contributed by atoms with Crippen molar-refractivity contribution in [1.29, 1.82) is 0 Å². The molecule has 0 saturated carbocycles. The second-order valence-electron chi connectivity index (χ2n) is 5.81. The van der Waals surface area contributed by atoms with E-state index in [2.05, 4.69) is 47.6 Å². The van der Waals surface area contributed by atoms with Crippen molar-refractivity contribution < 1.29 is 0 Å². The first-order valence-corrected chi connectivity index (χ1v) is 7.79. The molecule has 1 N–H and O–H groups in total. The van der Waals surface area contributed by atoms with Gasteiger partial charge >= 0.3 is 0 Å². The van der Waals surface area contributed by atoms with Gasteiger partial charge < -0.3 is 10.2 Å². The molecular formula is C17H28N2. The van der Waals surface area contributed by atoms with Crippen molar-refractivity contribution in [3.63, 3.8) is 0 Å². The lowest BCUT2D eigenvalue weighted by Crippen LogP contribution is -2.39.